The van der Waals surface area contributed by atoms with E-state index in [-0.39, 0.29) is 18.1 Å². The lowest BCUT2D eigenvalue weighted by Crippen LogP contribution is -2.40. The molecule has 1 heterocycles. The molecule has 3 unspecified atom stereocenters. The highest BCUT2D eigenvalue weighted by molar-refractivity contribution is 6.30. The van der Waals surface area contributed by atoms with E-state index in [1.807, 2.05) is 24.3 Å². The molecule has 1 aliphatic rings. The number of benzene rings is 1. The fourth-order valence-corrected chi connectivity index (χ4v) is 2.73. The van der Waals surface area contributed by atoms with Gasteiger partial charge in [0.1, 0.15) is 6.10 Å². The van der Waals surface area contributed by atoms with E-state index in [4.69, 9.17) is 22.2 Å². The number of nitrogens with one attached hydrogen (secondary N) is 1. The minimum atomic E-state index is -0.417. The smallest absolute Gasteiger partial charge is 0.263 e. The number of nitrogens with zero attached hydrogens (tertiary/aromatic N) is 1. The maximum absolute atomic E-state index is 11.4. The fourth-order valence-electron chi connectivity index (χ4n) is 2.60. The molecule has 1 aromatic carbocycles. The van der Waals surface area contributed by atoms with Crippen molar-refractivity contribution in [1.82, 2.24) is 10.3 Å². The van der Waals surface area contributed by atoms with E-state index in [0.29, 0.717) is 0 Å². The molecule has 0 radical (unpaired) electrons. The number of carbonyl (C=O) groups is 1. The van der Waals surface area contributed by atoms with Gasteiger partial charge in [0, 0.05) is 17.6 Å². The third-order valence-corrected chi connectivity index (χ3v) is 4.30. The molecule has 0 saturated carbocycles. The number of rotatable bonds is 5. The molecule has 6 heteroatoms. The second-order valence-corrected chi connectivity index (χ2v) is 5.94. The van der Waals surface area contributed by atoms with Crippen LogP contribution in [0.5, 0.6) is 0 Å². The highest BCUT2D eigenvalue weighted by Crippen LogP contribution is 2.25. The lowest BCUT2D eigenvalue weighted by molar-refractivity contribution is -0.132. The monoisotopic (exact) mass is 311 g/mol. The van der Waals surface area contributed by atoms with E-state index in [9.17, 15) is 4.79 Å². The number of amides is 1. The molecule has 0 bridgehead atoms. The minimum Gasteiger partial charge on any atom is -0.364 e. The molecule has 5 nitrogen and oxygen atoms in total. The Morgan fingerprint density at radius 3 is 2.76 bits per heavy atom. The number of hydrogen-bond donors (Lipinski definition) is 2. The van der Waals surface area contributed by atoms with Crippen molar-refractivity contribution in [3.63, 3.8) is 0 Å². The number of ether oxygens (including phenoxy) is 1. The maximum atomic E-state index is 11.4. The summed E-state index contributed by atoms with van der Waals surface area (Å²) in [6.45, 7) is 2.92. The molecule has 0 aliphatic carbocycles. The van der Waals surface area contributed by atoms with Gasteiger partial charge in [0.05, 0.1) is 6.10 Å². The summed E-state index contributed by atoms with van der Waals surface area (Å²) in [5.41, 5.74) is 3.35. The van der Waals surface area contributed by atoms with Gasteiger partial charge in [-0.25, -0.2) is 5.84 Å². The van der Waals surface area contributed by atoms with Crippen LogP contribution in [0.4, 0.5) is 0 Å². The molecule has 1 fully saturated rings. The van der Waals surface area contributed by atoms with Crippen LogP contribution in [0.25, 0.3) is 0 Å². The summed E-state index contributed by atoms with van der Waals surface area (Å²) in [4.78, 5) is 13.7. The van der Waals surface area contributed by atoms with Crippen molar-refractivity contribution < 1.29 is 9.53 Å². The van der Waals surface area contributed by atoms with E-state index in [0.717, 1.165) is 24.4 Å². The Labute approximate surface area is 130 Å². The maximum Gasteiger partial charge on any atom is 0.263 e. The number of hydrogen-bond acceptors (Lipinski definition) is 4. The first-order valence-electron chi connectivity index (χ1n) is 7.13. The summed E-state index contributed by atoms with van der Waals surface area (Å²) < 4.78 is 5.74. The molecule has 1 amide bonds. The van der Waals surface area contributed by atoms with Crippen LogP contribution in [0.15, 0.2) is 24.3 Å². The molecular weight excluding hydrogens is 290 g/mol. The Morgan fingerprint density at radius 1 is 1.48 bits per heavy atom. The van der Waals surface area contributed by atoms with Crippen molar-refractivity contribution in [2.24, 2.45) is 5.84 Å². The Balaban J connectivity index is 1.88. The molecule has 116 valence electrons. The number of carbonyl (C=O) groups excluding carboxylic acids is 1. The number of halogens is 1. The van der Waals surface area contributed by atoms with Gasteiger partial charge in [-0.2, -0.15) is 0 Å². The molecule has 1 saturated heterocycles. The third-order valence-electron chi connectivity index (χ3n) is 4.05. The van der Waals surface area contributed by atoms with E-state index in [1.165, 1.54) is 5.56 Å². The van der Waals surface area contributed by atoms with Gasteiger partial charge >= 0.3 is 0 Å². The van der Waals surface area contributed by atoms with Crippen LogP contribution in [0.2, 0.25) is 5.02 Å². The van der Waals surface area contributed by atoms with Crippen molar-refractivity contribution in [3.05, 3.63) is 34.9 Å². The van der Waals surface area contributed by atoms with E-state index < -0.39 is 6.10 Å². The van der Waals surface area contributed by atoms with E-state index >= 15 is 0 Å². The van der Waals surface area contributed by atoms with Crippen LogP contribution in [0.3, 0.4) is 0 Å². The fraction of sp³-hybridized carbons (Fsp3) is 0.533. The molecule has 3 N–H and O–H groups in total. The van der Waals surface area contributed by atoms with Gasteiger partial charge in [-0.05, 0) is 44.5 Å². The summed E-state index contributed by atoms with van der Waals surface area (Å²) >= 11 is 5.91. The number of hydrazine groups is 1. The molecule has 0 aromatic heterocycles. The van der Waals surface area contributed by atoms with Gasteiger partial charge in [-0.15, -0.1) is 0 Å². The van der Waals surface area contributed by atoms with Gasteiger partial charge in [0.25, 0.3) is 5.91 Å². The predicted molar refractivity (Wildman–Crippen MR) is 82.7 cm³/mol. The van der Waals surface area contributed by atoms with Crippen molar-refractivity contribution >= 4 is 17.5 Å². The topological polar surface area (TPSA) is 67.6 Å². The molecule has 3 atom stereocenters. The predicted octanol–water partition coefficient (Wildman–Crippen LogP) is 1.87. The number of nitrogens with two attached hydrogens (primary N) is 1. The molecule has 1 aliphatic heterocycles. The van der Waals surface area contributed by atoms with Gasteiger partial charge in [0.2, 0.25) is 0 Å². The summed E-state index contributed by atoms with van der Waals surface area (Å²) in [5.74, 6) is 4.89. The van der Waals surface area contributed by atoms with Crippen LogP contribution < -0.4 is 11.3 Å². The lowest BCUT2D eigenvalue weighted by atomic mass is 10.1. The average Bonchev–Trinajstić information content (AvgIpc) is 2.95. The van der Waals surface area contributed by atoms with Crippen LogP contribution in [0.1, 0.15) is 31.4 Å². The Hall–Kier alpha value is -1.14. The molecule has 0 spiro atoms. The standard InChI is InChI=1S/C15H22ClN3O2/c1-10(11-3-5-12(16)6-4-11)19(2)9-13-7-8-14(21-13)15(20)18-17/h3-6,10,13-14H,7-9,17H2,1-2H3,(H,18,20). The van der Waals surface area contributed by atoms with Crippen LogP contribution in [-0.2, 0) is 9.53 Å². The Bertz CT molecular complexity index is 480. The summed E-state index contributed by atoms with van der Waals surface area (Å²) in [7, 11) is 2.05. The molecule has 21 heavy (non-hydrogen) atoms. The summed E-state index contributed by atoms with van der Waals surface area (Å²) in [6, 6.07) is 8.12. The zero-order valence-electron chi connectivity index (χ0n) is 12.4. The van der Waals surface area contributed by atoms with Gasteiger partial charge in [0.15, 0.2) is 0 Å². The summed E-state index contributed by atoms with van der Waals surface area (Å²) in [6.07, 6.45) is 1.23. The van der Waals surface area contributed by atoms with Gasteiger partial charge < -0.3 is 4.74 Å². The van der Waals surface area contributed by atoms with Crippen LogP contribution in [-0.4, -0.2) is 36.6 Å². The van der Waals surface area contributed by atoms with Gasteiger partial charge in [-0.3, -0.25) is 15.1 Å². The second kappa shape index (κ2) is 7.22. The van der Waals surface area contributed by atoms with Gasteiger partial charge in [-0.1, -0.05) is 23.7 Å². The molecule has 1 aromatic rings. The first-order valence-corrected chi connectivity index (χ1v) is 7.50. The largest absolute Gasteiger partial charge is 0.364 e. The highest BCUT2D eigenvalue weighted by atomic mass is 35.5. The van der Waals surface area contributed by atoms with Crippen molar-refractivity contribution in [2.75, 3.05) is 13.6 Å². The Kier molecular flexibility index (Phi) is 5.58. The first kappa shape index (κ1) is 16.2. The zero-order valence-corrected chi connectivity index (χ0v) is 13.1. The van der Waals surface area contributed by atoms with Crippen molar-refractivity contribution in [3.8, 4) is 0 Å². The lowest BCUT2D eigenvalue weighted by Gasteiger charge is -2.27. The average molecular weight is 312 g/mol. The van der Waals surface area contributed by atoms with Crippen LogP contribution >= 0.6 is 11.6 Å². The normalized spacial score (nSPS) is 23.3. The van der Waals surface area contributed by atoms with E-state index in [1.54, 1.807) is 0 Å². The molecule has 2 rings (SSSR count). The summed E-state index contributed by atoms with van der Waals surface area (Å²) in [5, 5.41) is 0.739. The quantitative estimate of drug-likeness (QED) is 0.495. The number of likely N-dealkylation sites (N-methyl/N-ethyl adjacent to an activating group) is 1. The van der Waals surface area contributed by atoms with Crippen molar-refractivity contribution in [1.29, 1.82) is 0 Å². The third kappa shape index (κ3) is 4.17. The SMILES string of the molecule is CC(c1ccc(Cl)cc1)N(C)CC1CCC(C(=O)NN)O1. The van der Waals surface area contributed by atoms with Crippen molar-refractivity contribution in [2.45, 2.75) is 38.0 Å². The van der Waals surface area contributed by atoms with E-state index in [2.05, 4.69) is 24.3 Å². The zero-order chi connectivity index (χ0) is 15.4. The van der Waals surface area contributed by atoms with Crippen LogP contribution in [0, 0.1) is 0 Å². The minimum absolute atomic E-state index is 0.0621. The molecular formula is C15H22ClN3O2. The first-order chi connectivity index (χ1) is 10.0. The second-order valence-electron chi connectivity index (χ2n) is 5.50. The highest BCUT2D eigenvalue weighted by Gasteiger charge is 2.31. The Morgan fingerprint density at radius 2 is 2.14 bits per heavy atom.